The summed E-state index contributed by atoms with van der Waals surface area (Å²) in [4.78, 5) is 0.0615. The molecule has 0 atom stereocenters. The first-order chi connectivity index (χ1) is 9.13. The summed E-state index contributed by atoms with van der Waals surface area (Å²) in [6.45, 7) is 2.30. The lowest BCUT2D eigenvalue weighted by Crippen LogP contribution is -2.36. The molecule has 0 amide bonds. The van der Waals surface area contributed by atoms with E-state index >= 15 is 0 Å². The number of sulfonamides is 1. The number of piperidine rings is 1. The molecule has 102 valence electrons. The monoisotopic (exact) mass is 279 g/mol. The molecule has 1 aliphatic heterocycles. The Hall–Kier alpha value is -1.42. The number of hydrogen-bond donors (Lipinski definition) is 2. The number of nitriles is 1. The van der Waals surface area contributed by atoms with Gasteiger partial charge in [0.25, 0.3) is 0 Å². The molecule has 0 unspecified atom stereocenters. The van der Waals surface area contributed by atoms with E-state index in [0.29, 0.717) is 12.5 Å². The number of nitrogens with one attached hydrogen (secondary N) is 2. The third-order valence-corrected chi connectivity index (χ3v) is 4.80. The zero-order valence-electron chi connectivity index (χ0n) is 10.6. The molecule has 0 aromatic heterocycles. The van der Waals surface area contributed by atoms with Crippen LogP contribution in [0.25, 0.3) is 0 Å². The summed E-state index contributed by atoms with van der Waals surface area (Å²) < 4.78 is 27.0. The van der Waals surface area contributed by atoms with Gasteiger partial charge in [-0.1, -0.05) is 12.1 Å². The van der Waals surface area contributed by atoms with Gasteiger partial charge in [0.15, 0.2) is 0 Å². The fourth-order valence-corrected chi connectivity index (χ4v) is 3.46. The van der Waals surface area contributed by atoms with Gasteiger partial charge in [0.05, 0.1) is 10.5 Å². The van der Waals surface area contributed by atoms with Crippen molar-refractivity contribution < 1.29 is 8.42 Å². The van der Waals surface area contributed by atoms with Gasteiger partial charge in [0.2, 0.25) is 10.0 Å². The number of rotatable bonds is 4. The maximum Gasteiger partial charge on any atom is 0.241 e. The molecule has 2 N–H and O–H groups in total. The topological polar surface area (TPSA) is 82.0 Å². The van der Waals surface area contributed by atoms with E-state index in [0.717, 1.165) is 25.9 Å². The summed E-state index contributed by atoms with van der Waals surface area (Å²) in [5.41, 5.74) is 0.181. The van der Waals surface area contributed by atoms with Crippen LogP contribution in [0.2, 0.25) is 0 Å². The maximum absolute atomic E-state index is 12.2. The van der Waals surface area contributed by atoms with Crippen LogP contribution in [0.15, 0.2) is 29.2 Å². The minimum Gasteiger partial charge on any atom is -0.317 e. The second-order valence-corrected chi connectivity index (χ2v) is 6.39. The average Bonchev–Trinajstić information content (AvgIpc) is 2.46. The van der Waals surface area contributed by atoms with Crippen molar-refractivity contribution in [3.05, 3.63) is 29.8 Å². The van der Waals surface area contributed by atoms with Gasteiger partial charge in [0.1, 0.15) is 6.07 Å². The molecular weight excluding hydrogens is 262 g/mol. The molecule has 1 aliphatic rings. The molecule has 0 spiro atoms. The molecule has 0 bridgehead atoms. The average molecular weight is 279 g/mol. The largest absolute Gasteiger partial charge is 0.317 e. The van der Waals surface area contributed by atoms with E-state index in [1.807, 2.05) is 6.07 Å². The smallest absolute Gasteiger partial charge is 0.241 e. The van der Waals surface area contributed by atoms with E-state index in [9.17, 15) is 8.42 Å². The number of nitrogens with zero attached hydrogens (tertiary/aromatic N) is 1. The van der Waals surface area contributed by atoms with Gasteiger partial charge in [-0.15, -0.1) is 0 Å². The first-order valence-electron chi connectivity index (χ1n) is 6.33. The minimum atomic E-state index is -3.60. The summed E-state index contributed by atoms with van der Waals surface area (Å²) in [6, 6.07) is 8.17. The highest BCUT2D eigenvalue weighted by Crippen LogP contribution is 2.16. The molecule has 2 rings (SSSR count). The summed E-state index contributed by atoms with van der Waals surface area (Å²) in [5, 5.41) is 12.2. The van der Waals surface area contributed by atoms with Gasteiger partial charge in [-0.3, -0.25) is 0 Å². The van der Waals surface area contributed by atoms with E-state index in [2.05, 4.69) is 10.0 Å². The molecule has 0 aliphatic carbocycles. The predicted octanol–water partition coefficient (Wildman–Crippen LogP) is 0.836. The van der Waals surface area contributed by atoms with Crippen molar-refractivity contribution in [2.45, 2.75) is 17.7 Å². The molecule has 1 saturated heterocycles. The zero-order valence-corrected chi connectivity index (χ0v) is 11.4. The zero-order chi connectivity index (χ0) is 13.7. The first-order valence-corrected chi connectivity index (χ1v) is 7.81. The molecule has 0 radical (unpaired) electrons. The van der Waals surface area contributed by atoms with Crippen LogP contribution >= 0.6 is 0 Å². The van der Waals surface area contributed by atoms with Crippen LogP contribution in [0.4, 0.5) is 0 Å². The Morgan fingerprint density at radius 3 is 2.68 bits per heavy atom. The normalized spacial score (nSPS) is 17.0. The van der Waals surface area contributed by atoms with Gasteiger partial charge < -0.3 is 5.32 Å². The SMILES string of the molecule is N#Cc1ccccc1S(=O)(=O)NCC1CCNCC1. The molecule has 1 aromatic rings. The van der Waals surface area contributed by atoms with Gasteiger partial charge >= 0.3 is 0 Å². The van der Waals surface area contributed by atoms with Crippen molar-refractivity contribution in [2.24, 2.45) is 5.92 Å². The Labute approximate surface area is 113 Å². The Bertz CT molecular complexity index is 572. The second kappa shape index (κ2) is 6.15. The number of hydrogen-bond acceptors (Lipinski definition) is 4. The summed E-state index contributed by atoms with van der Waals surface area (Å²) >= 11 is 0. The van der Waals surface area contributed by atoms with E-state index in [1.165, 1.54) is 12.1 Å². The molecule has 0 saturated carbocycles. The van der Waals surface area contributed by atoms with Gasteiger partial charge in [-0.05, 0) is 44.0 Å². The lowest BCUT2D eigenvalue weighted by molar-refractivity contribution is 0.372. The Morgan fingerprint density at radius 1 is 1.32 bits per heavy atom. The van der Waals surface area contributed by atoms with Crippen LogP contribution in [0.5, 0.6) is 0 Å². The molecule has 1 aromatic carbocycles. The fourth-order valence-electron chi connectivity index (χ4n) is 2.18. The molecule has 1 heterocycles. The van der Waals surface area contributed by atoms with E-state index in [-0.39, 0.29) is 10.5 Å². The minimum absolute atomic E-state index is 0.0615. The van der Waals surface area contributed by atoms with E-state index in [1.54, 1.807) is 12.1 Å². The molecule has 6 heteroatoms. The van der Waals surface area contributed by atoms with E-state index in [4.69, 9.17) is 5.26 Å². The Balaban J connectivity index is 2.07. The lowest BCUT2D eigenvalue weighted by Gasteiger charge is -2.22. The van der Waals surface area contributed by atoms with Crippen molar-refractivity contribution >= 4 is 10.0 Å². The molecule has 1 fully saturated rings. The summed E-state index contributed by atoms with van der Waals surface area (Å²) in [7, 11) is -3.60. The summed E-state index contributed by atoms with van der Waals surface area (Å²) in [6.07, 6.45) is 1.95. The fraction of sp³-hybridized carbons (Fsp3) is 0.462. The van der Waals surface area contributed by atoms with Gasteiger partial charge in [-0.25, -0.2) is 13.1 Å². The second-order valence-electron chi connectivity index (χ2n) is 4.65. The van der Waals surface area contributed by atoms with Crippen LogP contribution in [-0.4, -0.2) is 28.1 Å². The molecule has 5 nitrogen and oxygen atoms in total. The third kappa shape index (κ3) is 3.53. The van der Waals surface area contributed by atoms with Crippen molar-refractivity contribution in [1.29, 1.82) is 5.26 Å². The predicted molar refractivity (Wildman–Crippen MR) is 71.9 cm³/mol. The van der Waals surface area contributed by atoms with Crippen LogP contribution < -0.4 is 10.0 Å². The van der Waals surface area contributed by atoms with Crippen LogP contribution in [0.3, 0.4) is 0 Å². The van der Waals surface area contributed by atoms with Crippen molar-refractivity contribution in [3.8, 4) is 6.07 Å². The van der Waals surface area contributed by atoms with E-state index < -0.39 is 10.0 Å². The number of benzene rings is 1. The first kappa shape index (κ1) is 14.0. The van der Waals surface area contributed by atoms with Gasteiger partial charge in [0, 0.05) is 6.54 Å². The summed E-state index contributed by atoms with van der Waals surface area (Å²) in [5.74, 6) is 0.366. The maximum atomic E-state index is 12.2. The van der Waals surface area contributed by atoms with Crippen LogP contribution in [-0.2, 0) is 10.0 Å². The molecular formula is C13H17N3O2S. The highest BCUT2D eigenvalue weighted by molar-refractivity contribution is 7.89. The Morgan fingerprint density at radius 2 is 2.00 bits per heavy atom. The van der Waals surface area contributed by atoms with Gasteiger partial charge in [-0.2, -0.15) is 5.26 Å². The highest BCUT2D eigenvalue weighted by atomic mass is 32.2. The quantitative estimate of drug-likeness (QED) is 0.855. The standard InChI is InChI=1S/C13H17N3O2S/c14-9-12-3-1-2-4-13(12)19(17,18)16-10-11-5-7-15-8-6-11/h1-4,11,15-16H,5-8,10H2. The highest BCUT2D eigenvalue weighted by Gasteiger charge is 2.20. The van der Waals surface area contributed by atoms with Crippen molar-refractivity contribution in [3.63, 3.8) is 0 Å². The van der Waals surface area contributed by atoms with Crippen molar-refractivity contribution in [1.82, 2.24) is 10.0 Å². The van der Waals surface area contributed by atoms with Crippen molar-refractivity contribution in [2.75, 3.05) is 19.6 Å². The lowest BCUT2D eigenvalue weighted by atomic mass is 9.99. The van der Waals surface area contributed by atoms with Crippen LogP contribution in [0, 0.1) is 17.2 Å². The molecule has 19 heavy (non-hydrogen) atoms. The Kier molecular flexibility index (Phi) is 4.53. The van der Waals surface area contributed by atoms with Crippen LogP contribution in [0.1, 0.15) is 18.4 Å². The third-order valence-electron chi connectivity index (χ3n) is 3.32.